The summed E-state index contributed by atoms with van der Waals surface area (Å²) in [7, 11) is 5.08. The molecular formula is C18H29Cl2N3O3. The van der Waals surface area contributed by atoms with Gasteiger partial charge in [0.1, 0.15) is 11.5 Å². The van der Waals surface area contributed by atoms with E-state index in [2.05, 4.69) is 15.5 Å². The largest absolute Gasteiger partial charge is 0.495 e. The lowest BCUT2D eigenvalue weighted by molar-refractivity contribution is -0.117. The normalized spacial score (nSPS) is 15.2. The van der Waals surface area contributed by atoms with Crippen LogP contribution in [-0.4, -0.2) is 58.3 Å². The van der Waals surface area contributed by atoms with Crippen molar-refractivity contribution in [1.82, 2.24) is 10.2 Å². The number of hydrogen-bond donors (Lipinski definition) is 2. The predicted octanol–water partition coefficient (Wildman–Crippen LogP) is 3.04. The summed E-state index contributed by atoms with van der Waals surface area (Å²) < 4.78 is 10.5. The van der Waals surface area contributed by atoms with Crippen molar-refractivity contribution in [3.05, 3.63) is 17.2 Å². The summed E-state index contributed by atoms with van der Waals surface area (Å²) in [5.74, 6) is 1.74. The number of nitrogens with one attached hydrogen (secondary N) is 2. The quantitative estimate of drug-likeness (QED) is 0.695. The Kier molecular flexibility index (Phi) is 10.1. The average Bonchev–Trinajstić information content (AvgIpc) is 2.61. The maximum atomic E-state index is 12.4. The molecule has 1 heterocycles. The Labute approximate surface area is 167 Å². The summed E-state index contributed by atoms with van der Waals surface area (Å²) in [6.07, 6.45) is 3.50. The molecule has 0 saturated carbocycles. The van der Waals surface area contributed by atoms with Gasteiger partial charge in [0.2, 0.25) is 5.91 Å². The monoisotopic (exact) mass is 405 g/mol. The maximum absolute atomic E-state index is 12.4. The number of nitrogens with zero attached hydrogens (tertiary/aromatic N) is 1. The molecule has 0 unspecified atom stereocenters. The van der Waals surface area contributed by atoms with Crippen LogP contribution in [-0.2, 0) is 4.79 Å². The van der Waals surface area contributed by atoms with E-state index in [0.29, 0.717) is 28.8 Å². The number of piperidine rings is 1. The van der Waals surface area contributed by atoms with E-state index in [-0.39, 0.29) is 18.3 Å². The predicted molar refractivity (Wildman–Crippen MR) is 108 cm³/mol. The minimum Gasteiger partial charge on any atom is -0.495 e. The summed E-state index contributed by atoms with van der Waals surface area (Å²) in [5, 5.41) is 6.52. The Morgan fingerprint density at radius 1 is 1.23 bits per heavy atom. The number of likely N-dealkylation sites (tertiary alicyclic amines) is 1. The molecule has 0 radical (unpaired) electrons. The van der Waals surface area contributed by atoms with Gasteiger partial charge in [-0.05, 0) is 57.9 Å². The first-order valence-corrected chi connectivity index (χ1v) is 9.03. The molecule has 148 valence electrons. The van der Waals surface area contributed by atoms with Gasteiger partial charge in [-0.15, -0.1) is 12.4 Å². The Morgan fingerprint density at radius 2 is 1.88 bits per heavy atom. The van der Waals surface area contributed by atoms with Crippen LogP contribution in [0.4, 0.5) is 5.69 Å². The molecule has 8 heteroatoms. The molecule has 0 aliphatic carbocycles. The molecule has 1 aromatic carbocycles. The zero-order valence-electron chi connectivity index (χ0n) is 15.6. The standard InChI is InChI=1S/C18H28ClN3O3.ClH/c1-20-7-4-13-5-8-22(9-6-13)12-18(23)21-15-10-14(19)16(24-2)11-17(15)25-3;/h10-11,13,20H,4-9,12H2,1-3H3,(H,21,23);1H. The van der Waals surface area contributed by atoms with Crippen LogP contribution in [0.3, 0.4) is 0 Å². The molecule has 1 aliphatic heterocycles. The van der Waals surface area contributed by atoms with Gasteiger partial charge in [0.05, 0.1) is 31.5 Å². The van der Waals surface area contributed by atoms with Gasteiger partial charge in [-0.1, -0.05) is 11.6 Å². The van der Waals surface area contributed by atoms with Gasteiger partial charge in [0, 0.05) is 6.07 Å². The lowest BCUT2D eigenvalue weighted by Crippen LogP contribution is -2.39. The van der Waals surface area contributed by atoms with Crippen molar-refractivity contribution in [3.63, 3.8) is 0 Å². The lowest BCUT2D eigenvalue weighted by Gasteiger charge is -2.31. The van der Waals surface area contributed by atoms with Crippen molar-refractivity contribution >= 4 is 35.6 Å². The first kappa shape index (κ1) is 22.8. The molecule has 0 bridgehead atoms. The average molecular weight is 406 g/mol. The van der Waals surface area contributed by atoms with Crippen molar-refractivity contribution < 1.29 is 14.3 Å². The van der Waals surface area contributed by atoms with Crippen LogP contribution in [0.5, 0.6) is 11.5 Å². The van der Waals surface area contributed by atoms with Crippen molar-refractivity contribution in [3.8, 4) is 11.5 Å². The third-order valence-electron chi connectivity index (χ3n) is 4.62. The number of amides is 1. The van der Waals surface area contributed by atoms with Crippen molar-refractivity contribution in [1.29, 1.82) is 0 Å². The van der Waals surface area contributed by atoms with E-state index in [1.165, 1.54) is 6.42 Å². The van der Waals surface area contributed by atoms with Crippen LogP contribution < -0.4 is 20.1 Å². The molecule has 1 aromatic rings. The van der Waals surface area contributed by atoms with E-state index in [1.54, 1.807) is 26.4 Å². The molecule has 0 atom stereocenters. The zero-order valence-corrected chi connectivity index (χ0v) is 17.2. The fraction of sp³-hybridized carbons (Fsp3) is 0.611. The van der Waals surface area contributed by atoms with Crippen LogP contribution in [0.1, 0.15) is 19.3 Å². The lowest BCUT2D eigenvalue weighted by atomic mass is 9.93. The maximum Gasteiger partial charge on any atom is 0.238 e. The van der Waals surface area contributed by atoms with E-state index in [4.69, 9.17) is 21.1 Å². The minimum absolute atomic E-state index is 0. The van der Waals surface area contributed by atoms with Gasteiger partial charge < -0.3 is 20.1 Å². The second kappa shape index (κ2) is 11.5. The van der Waals surface area contributed by atoms with Crippen LogP contribution >= 0.6 is 24.0 Å². The smallest absolute Gasteiger partial charge is 0.238 e. The molecule has 6 nitrogen and oxygen atoms in total. The van der Waals surface area contributed by atoms with Gasteiger partial charge in [-0.2, -0.15) is 0 Å². The zero-order chi connectivity index (χ0) is 18.2. The highest BCUT2D eigenvalue weighted by Gasteiger charge is 2.21. The Hall–Kier alpha value is -1.21. The van der Waals surface area contributed by atoms with E-state index in [9.17, 15) is 4.79 Å². The fourth-order valence-electron chi connectivity index (χ4n) is 3.13. The van der Waals surface area contributed by atoms with Crippen molar-refractivity contribution in [2.75, 3.05) is 52.8 Å². The third-order valence-corrected chi connectivity index (χ3v) is 4.92. The Morgan fingerprint density at radius 3 is 2.46 bits per heavy atom. The molecule has 2 N–H and O–H groups in total. The van der Waals surface area contributed by atoms with Crippen molar-refractivity contribution in [2.45, 2.75) is 19.3 Å². The highest BCUT2D eigenvalue weighted by molar-refractivity contribution is 6.32. The first-order chi connectivity index (χ1) is 12.1. The van der Waals surface area contributed by atoms with Gasteiger partial charge in [-0.25, -0.2) is 0 Å². The van der Waals surface area contributed by atoms with Crippen LogP contribution in [0, 0.1) is 5.92 Å². The Balaban J connectivity index is 0.00000338. The van der Waals surface area contributed by atoms with E-state index in [1.807, 2.05) is 7.05 Å². The summed E-state index contributed by atoms with van der Waals surface area (Å²) in [6, 6.07) is 3.33. The number of anilines is 1. The van der Waals surface area contributed by atoms with Crippen molar-refractivity contribution in [2.24, 2.45) is 5.92 Å². The van der Waals surface area contributed by atoms with Crippen LogP contribution in [0.2, 0.25) is 5.02 Å². The summed E-state index contributed by atoms with van der Waals surface area (Å²) in [4.78, 5) is 14.6. The number of halogens is 2. The summed E-state index contributed by atoms with van der Waals surface area (Å²) in [6.45, 7) is 3.36. The Bertz CT molecular complexity index is 579. The van der Waals surface area contributed by atoms with E-state index < -0.39 is 0 Å². The number of ether oxygens (including phenoxy) is 2. The second-order valence-electron chi connectivity index (χ2n) is 6.35. The van der Waals surface area contributed by atoms with Gasteiger partial charge in [-0.3, -0.25) is 9.69 Å². The second-order valence-corrected chi connectivity index (χ2v) is 6.75. The summed E-state index contributed by atoms with van der Waals surface area (Å²) in [5.41, 5.74) is 0.558. The molecule has 1 aliphatic rings. The number of carbonyl (C=O) groups excluding carboxylic acids is 1. The van der Waals surface area contributed by atoms with Crippen LogP contribution in [0.15, 0.2) is 12.1 Å². The number of benzene rings is 1. The molecule has 0 aromatic heterocycles. The molecule has 1 saturated heterocycles. The highest BCUT2D eigenvalue weighted by atomic mass is 35.5. The molecule has 1 amide bonds. The van der Waals surface area contributed by atoms with Crippen LogP contribution in [0.25, 0.3) is 0 Å². The number of rotatable bonds is 8. The molecule has 2 rings (SSSR count). The van der Waals surface area contributed by atoms with E-state index in [0.717, 1.165) is 38.4 Å². The topological polar surface area (TPSA) is 62.8 Å². The first-order valence-electron chi connectivity index (χ1n) is 8.65. The fourth-order valence-corrected chi connectivity index (χ4v) is 3.37. The third kappa shape index (κ3) is 6.50. The molecule has 0 spiro atoms. The van der Waals surface area contributed by atoms with Gasteiger partial charge >= 0.3 is 0 Å². The molecular weight excluding hydrogens is 377 g/mol. The van der Waals surface area contributed by atoms with Gasteiger partial charge in [0.15, 0.2) is 0 Å². The highest BCUT2D eigenvalue weighted by Crippen LogP contribution is 2.35. The SMILES string of the molecule is CNCCC1CCN(CC(=O)Nc2cc(Cl)c(OC)cc2OC)CC1.Cl. The van der Waals surface area contributed by atoms with E-state index >= 15 is 0 Å². The molecule has 1 fully saturated rings. The number of carbonyl (C=O) groups is 1. The number of methoxy groups -OCH3 is 2. The number of hydrogen-bond acceptors (Lipinski definition) is 5. The minimum atomic E-state index is -0.0618. The van der Waals surface area contributed by atoms with Gasteiger partial charge in [0.25, 0.3) is 0 Å². The molecule has 26 heavy (non-hydrogen) atoms. The summed E-state index contributed by atoms with van der Waals surface area (Å²) >= 11 is 6.14.